The number of para-hydroxylation sites is 1. The van der Waals surface area contributed by atoms with Crippen LogP contribution in [0.1, 0.15) is 0 Å². The second kappa shape index (κ2) is 10.3. The molecule has 9 nitrogen and oxygen atoms in total. The van der Waals surface area contributed by atoms with Crippen molar-refractivity contribution in [2.75, 3.05) is 36.1 Å². The fourth-order valence-electron chi connectivity index (χ4n) is 2.33. The van der Waals surface area contributed by atoms with Gasteiger partial charge in [0.15, 0.2) is 5.82 Å². The van der Waals surface area contributed by atoms with Crippen LogP contribution in [0.25, 0.3) is 0 Å². The average molecular weight is 414 g/mol. The van der Waals surface area contributed by atoms with Gasteiger partial charge in [0.25, 0.3) is 0 Å². The SMILES string of the molecule is O=S(=O)(CCOc1ccccc1)NCCNc1ccc(Nc2ccncc2)nn1. The molecule has 0 bridgehead atoms. The van der Waals surface area contributed by atoms with E-state index in [-0.39, 0.29) is 18.9 Å². The molecule has 0 aliphatic rings. The Hall–Kier alpha value is -3.24. The summed E-state index contributed by atoms with van der Waals surface area (Å²) >= 11 is 0. The molecular formula is C19H22N6O3S. The molecule has 3 aromatic rings. The number of nitrogens with zero attached hydrogens (tertiary/aromatic N) is 3. The Morgan fingerprint density at radius 2 is 1.59 bits per heavy atom. The molecule has 3 N–H and O–H groups in total. The summed E-state index contributed by atoms with van der Waals surface area (Å²) in [5.74, 6) is 1.68. The van der Waals surface area contributed by atoms with Gasteiger partial charge in [-0.3, -0.25) is 4.98 Å². The van der Waals surface area contributed by atoms with Gasteiger partial charge >= 0.3 is 0 Å². The van der Waals surface area contributed by atoms with Crippen molar-refractivity contribution < 1.29 is 13.2 Å². The van der Waals surface area contributed by atoms with Crippen LogP contribution in [0.4, 0.5) is 17.3 Å². The predicted octanol–water partition coefficient (Wildman–Crippen LogP) is 2.03. The third-order valence-electron chi connectivity index (χ3n) is 3.73. The summed E-state index contributed by atoms with van der Waals surface area (Å²) in [5, 5.41) is 14.3. The molecule has 0 aliphatic heterocycles. The molecule has 0 spiro atoms. The van der Waals surface area contributed by atoms with Crippen LogP contribution in [0.15, 0.2) is 67.0 Å². The maximum absolute atomic E-state index is 12.0. The molecule has 0 radical (unpaired) electrons. The minimum atomic E-state index is -3.41. The van der Waals surface area contributed by atoms with Crippen LogP contribution < -0.4 is 20.1 Å². The van der Waals surface area contributed by atoms with Gasteiger partial charge in [-0.25, -0.2) is 13.1 Å². The third-order valence-corrected chi connectivity index (χ3v) is 5.08. The zero-order valence-electron chi connectivity index (χ0n) is 15.7. The Bertz CT molecular complexity index is 970. The number of nitrogens with one attached hydrogen (secondary N) is 3. The number of rotatable bonds is 11. The molecule has 2 aromatic heterocycles. The fraction of sp³-hybridized carbons (Fsp3) is 0.211. The molecule has 2 heterocycles. The number of aromatic nitrogens is 3. The number of benzene rings is 1. The van der Waals surface area contributed by atoms with E-state index >= 15 is 0 Å². The van der Waals surface area contributed by atoms with Crippen LogP contribution in [-0.4, -0.2) is 49.0 Å². The van der Waals surface area contributed by atoms with Crippen molar-refractivity contribution in [3.63, 3.8) is 0 Å². The maximum atomic E-state index is 12.0. The number of anilines is 3. The van der Waals surface area contributed by atoms with Crippen LogP contribution in [0, 0.1) is 0 Å². The molecule has 152 valence electrons. The monoisotopic (exact) mass is 414 g/mol. The van der Waals surface area contributed by atoms with Gasteiger partial charge in [-0.2, -0.15) is 0 Å². The minimum Gasteiger partial charge on any atom is -0.492 e. The summed E-state index contributed by atoms with van der Waals surface area (Å²) < 4.78 is 31.9. The van der Waals surface area contributed by atoms with Crippen molar-refractivity contribution in [2.45, 2.75) is 0 Å². The van der Waals surface area contributed by atoms with E-state index in [1.54, 1.807) is 36.7 Å². The highest BCUT2D eigenvalue weighted by molar-refractivity contribution is 7.89. The number of hydrogen-bond donors (Lipinski definition) is 3. The Morgan fingerprint density at radius 1 is 0.862 bits per heavy atom. The number of hydrogen-bond acceptors (Lipinski definition) is 8. The van der Waals surface area contributed by atoms with E-state index in [4.69, 9.17) is 4.74 Å². The van der Waals surface area contributed by atoms with E-state index < -0.39 is 10.0 Å². The topological polar surface area (TPSA) is 118 Å². The van der Waals surface area contributed by atoms with Gasteiger partial charge in [-0.05, 0) is 36.4 Å². The molecule has 0 unspecified atom stereocenters. The molecule has 0 fully saturated rings. The molecular weight excluding hydrogens is 392 g/mol. The molecule has 0 atom stereocenters. The normalized spacial score (nSPS) is 11.0. The van der Waals surface area contributed by atoms with Gasteiger partial charge in [0.05, 0.1) is 5.75 Å². The van der Waals surface area contributed by atoms with E-state index in [1.807, 2.05) is 30.3 Å². The van der Waals surface area contributed by atoms with Crippen LogP contribution in [-0.2, 0) is 10.0 Å². The zero-order valence-corrected chi connectivity index (χ0v) is 16.5. The first kappa shape index (κ1) is 20.5. The molecule has 0 saturated heterocycles. The molecule has 1 aromatic carbocycles. The highest BCUT2D eigenvalue weighted by atomic mass is 32.2. The zero-order chi connectivity index (χ0) is 20.4. The van der Waals surface area contributed by atoms with Gasteiger partial charge in [0.2, 0.25) is 10.0 Å². The van der Waals surface area contributed by atoms with Crippen LogP contribution >= 0.6 is 0 Å². The summed E-state index contributed by atoms with van der Waals surface area (Å²) in [7, 11) is -3.41. The van der Waals surface area contributed by atoms with Gasteiger partial charge < -0.3 is 15.4 Å². The number of ether oxygens (including phenoxy) is 1. The van der Waals surface area contributed by atoms with E-state index in [9.17, 15) is 8.42 Å². The quantitative estimate of drug-likeness (QED) is 0.408. The van der Waals surface area contributed by atoms with E-state index in [1.165, 1.54) is 0 Å². The van der Waals surface area contributed by atoms with Crippen molar-refractivity contribution in [2.24, 2.45) is 0 Å². The molecule has 0 amide bonds. The van der Waals surface area contributed by atoms with Crippen molar-refractivity contribution in [1.29, 1.82) is 0 Å². The summed E-state index contributed by atoms with van der Waals surface area (Å²) in [6.07, 6.45) is 3.36. The van der Waals surface area contributed by atoms with E-state index in [0.29, 0.717) is 23.9 Å². The lowest BCUT2D eigenvalue weighted by Crippen LogP contribution is -2.32. The average Bonchev–Trinajstić information content (AvgIpc) is 2.74. The Kier molecular flexibility index (Phi) is 7.31. The smallest absolute Gasteiger partial charge is 0.215 e. The van der Waals surface area contributed by atoms with Crippen molar-refractivity contribution >= 4 is 27.3 Å². The lowest BCUT2D eigenvalue weighted by Gasteiger charge is -2.09. The van der Waals surface area contributed by atoms with E-state index in [2.05, 4.69) is 30.5 Å². The van der Waals surface area contributed by atoms with Gasteiger partial charge in [0, 0.05) is 31.2 Å². The highest BCUT2D eigenvalue weighted by Crippen LogP contribution is 2.13. The molecule has 29 heavy (non-hydrogen) atoms. The molecule has 3 rings (SSSR count). The van der Waals surface area contributed by atoms with Crippen molar-refractivity contribution in [3.05, 3.63) is 67.0 Å². The van der Waals surface area contributed by atoms with Crippen molar-refractivity contribution in [1.82, 2.24) is 19.9 Å². The summed E-state index contributed by atoms with van der Waals surface area (Å²) in [5.41, 5.74) is 0.862. The maximum Gasteiger partial charge on any atom is 0.215 e. The van der Waals surface area contributed by atoms with Crippen LogP contribution in [0.2, 0.25) is 0 Å². The van der Waals surface area contributed by atoms with Crippen LogP contribution in [0.5, 0.6) is 5.75 Å². The second-order valence-electron chi connectivity index (χ2n) is 5.97. The highest BCUT2D eigenvalue weighted by Gasteiger charge is 2.09. The third kappa shape index (κ3) is 7.35. The van der Waals surface area contributed by atoms with Crippen LogP contribution in [0.3, 0.4) is 0 Å². The first-order valence-corrected chi connectivity index (χ1v) is 10.7. The van der Waals surface area contributed by atoms with Crippen molar-refractivity contribution in [3.8, 4) is 5.75 Å². The second-order valence-corrected chi connectivity index (χ2v) is 7.89. The summed E-state index contributed by atoms with van der Waals surface area (Å²) in [6, 6.07) is 16.3. The predicted molar refractivity (Wildman–Crippen MR) is 112 cm³/mol. The molecule has 0 saturated carbocycles. The van der Waals surface area contributed by atoms with E-state index in [0.717, 1.165) is 5.69 Å². The first-order valence-electron chi connectivity index (χ1n) is 9.01. The minimum absolute atomic E-state index is 0.0875. The standard InChI is InChI=1S/C19H22N6O3S/c26-29(27,15-14-28-17-4-2-1-3-5-17)22-13-12-21-18-6-7-19(25-24-18)23-16-8-10-20-11-9-16/h1-11,22H,12-15H2,(H,21,24)(H,20,23,25). The lowest BCUT2D eigenvalue weighted by molar-refractivity contribution is 0.340. The lowest BCUT2D eigenvalue weighted by atomic mass is 10.3. The van der Waals surface area contributed by atoms with Gasteiger partial charge in [0.1, 0.15) is 18.2 Å². The van der Waals surface area contributed by atoms with Gasteiger partial charge in [-0.15, -0.1) is 10.2 Å². The molecule has 10 heteroatoms. The number of sulfonamides is 1. The Labute approximate surface area is 169 Å². The Morgan fingerprint density at radius 3 is 2.31 bits per heavy atom. The largest absolute Gasteiger partial charge is 0.492 e. The summed E-state index contributed by atoms with van der Waals surface area (Å²) in [6.45, 7) is 0.696. The first-order chi connectivity index (χ1) is 14.1. The fourth-order valence-corrected chi connectivity index (χ4v) is 3.19. The summed E-state index contributed by atoms with van der Waals surface area (Å²) in [4.78, 5) is 3.95. The number of pyridine rings is 1. The Balaban J connectivity index is 1.35. The van der Waals surface area contributed by atoms with Gasteiger partial charge in [-0.1, -0.05) is 18.2 Å². The molecule has 0 aliphatic carbocycles.